The van der Waals surface area contributed by atoms with Crippen LogP contribution in [0.4, 0.5) is 0 Å². The molecule has 1 amide bonds. The van der Waals surface area contributed by atoms with Crippen molar-refractivity contribution in [2.75, 3.05) is 6.61 Å². The van der Waals surface area contributed by atoms with Crippen molar-refractivity contribution in [3.8, 4) is 0 Å². The van der Waals surface area contributed by atoms with E-state index in [4.69, 9.17) is 4.74 Å². The molecule has 21 heavy (non-hydrogen) atoms. The van der Waals surface area contributed by atoms with Crippen LogP contribution in [-0.2, 0) is 20.7 Å². The second-order valence-corrected chi connectivity index (χ2v) is 5.37. The summed E-state index contributed by atoms with van der Waals surface area (Å²) in [5, 5.41) is 0. The molecule has 0 bridgehead atoms. The third-order valence-corrected chi connectivity index (χ3v) is 3.75. The summed E-state index contributed by atoms with van der Waals surface area (Å²) in [6.07, 6.45) is 2.94. The second-order valence-electron chi connectivity index (χ2n) is 5.37. The van der Waals surface area contributed by atoms with Crippen molar-refractivity contribution in [2.45, 2.75) is 32.0 Å². The molecule has 1 fully saturated rings. The predicted molar refractivity (Wildman–Crippen MR) is 80.6 cm³/mol. The molecular formula is C17H21NO3. The Morgan fingerprint density at radius 1 is 1.48 bits per heavy atom. The van der Waals surface area contributed by atoms with E-state index in [1.54, 1.807) is 11.0 Å². The highest BCUT2D eigenvalue weighted by molar-refractivity contribution is 5.82. The number of allylic oxidation sites excluding steroid dienone is 1. The van der Waals surface area contributed by atoms with Gasteiger partial charge >= 0.3 is 0 Å². The van der Waals surface area contributed by atoms with Gasteiger partial charge in [-0.25, -0.2) is 0 Å². The van der Waals surface area contributed by atoms with Gasteiger partial charge in [0.05, 0.1) is 12.6 Å². The molecule has 0 aliphatic carbocycles. The minimum absolute atomic E-state index is 0.0505. The molecule has 0 radical (unpaired) electrons. The van der Waals surface area contributed by atoms with E-state index in [2.05, 4.69) is 6.58 Å². The Morgan fingerprint density at radius 2 is 2.19 bits per heavy atom. The average Bonchev–Trinajstić information content (AvgIpc) is 2.90. The highest BCUT2D eigenvalue weighted by atomic mass is 16.5. The van der Waals surface area contributed by atoms with Crippen LogP contribution in [0.25, 0.3) is 0 Å². The first kappa shape index (κ1) is 15.4. The first-order chi connectivity index (χ1) is 10.2. The molecule has 1 aromatic rings. The summed E-state index contributed by atoms with van der Waals surface area (Å²) >= 11 is 0. The molecule has 1 aliphatic rings. The Hall–Kier alpha value is -1.94. The van der Waals surface area contributed by atoms with E-state index in [-0.39, 0.29) is 17.9 Å². The minimum atomic E-state index is -0.765. The van der Waals surface area contributed by atoms with E-state index in [0.717, 1.165) is 5.56 Å². The van der Waals surface area contributed by atoms with E-state index in [9.17, 15) is 9.59 Å². The summed E-state index contributed by atoms with van der Waals surface area (Å²) in [6.45, 7) is 5.91. The van der Waals surface area contributed by atoms with Crippen molar-refractivity contribution in [3.05, 3.63) is 48.6 Å². The summed E-state index contributed by atoms with van der Waals surface area (Å²) in [6, 6.07) is 9.83. The van der Waals surface area contributed by atoms with Gasteiger partial charge in [-0.3, -0.25) is 9.59 Å². The first-order valence-electron chi connectivity index (χ1n) is 7.21. The van der Waals surface area contributed by atoms with Gasteiger partial charge in [0.2, 0.25) is 5.91 Å². The summed E-state index contributed by atoms with van der Waals surface area (Å²) in [5.74, 6) is -0.240. The van der Waals surface area contributed by atoms with E-state index in [0.29, 0.717) is 25.7 Å². The first-order valence-corrected chi connectivity index (χ1v) is 7.21. The van der Waals surface area contributed by atoms with Gasteiger partial charge in [0.25, 0.3) is 0 Å². The molecular weight excluding hydrogens is 266 g/mol. The van der Waals surface area contributed by atoms with Crippen LogP contribution >= 0.6 is 0 Å². The van der Waals surface area contributed by atoms with Gasteiger partial charge < -0.3 is 9.64 Å². The summed E-state index contributed by atoms with van der Waals surface area (Å²) < 4.78 is 5.46. The van der Waals surface area contributed by atoms with Crippen LogP contribution in [0.2, 0.25) is 0 Å². The molecule has 0 aromatic heterocycles. The lowest BCUT2D eigenvalue weighted by Crippen LogP contribution is -2.46. The number of nitrogens with zero attached hydrogens (tertiary/aromatic N) is 1. The molecule has 0 spiro atoms. The highest BCUT2D eigenvalue weighted by Gasteiger charge is 2.39. The SMILES string of the molecule is C=CC[C@@H](C)C(=O)N1C(C=O)OC[C@@H]1Cc1ccccc1. The number of hydrogen-bond donors (Lipinski definition) is 0. The van der Waals surface area contributed by atoms with Gasteiger partial charge in [0.15, 0.2) is 12.5 Å². The lowest BCUT2D eigenvalue weighted by Gasteiger charge is -2.28. The largest absolute Gasteiger partial charge is 0.349 e. The number of ether oxygens (including phenoxy) is 1. The normalized spacial score (nSPS) is 22.8. The summed E-state index contributed by atoms with van der Waals surface area (Å²) in [4.78, 5) is 25.3. The van der Waals surface area contributed by atoms with Crippen LogP contribution in [0.15, 0.2) is 43.0 Å². The van der Waals surface area contributed by atoms with E-state index in [1.165, 1.54) is 0 Å². The molecule has 4 heteroatoms. The molecule has 0 saturated carbocycles. The molecule has 0 N–H and O–H groups in total. The fourth-order valence-electron chi connectivity index (χ4n) is 2.64. The zero-order chi connectivity index (χ0) is 15.2. The van der Waals surface area contributed by atoms with Gasteiger partial charge in [-0.05, 0) is 18.4 Å². The lowest BCUT2D eigenvalue weighted by molar-refractivity contribution is -0.145. The van der Waals surface area contributed by atoms with Crippen LogP contribution in [0.1, 0.15) is 18.9 Å². The van der Waals surface area contributed by atoms with Crippen molar-refractivity contribution >= 4 is 12.2 Å². The molecule has 1 aromatic carbocycles. The zero-order valence-electron chi connectivity index (χ0n) is 12.3. The number of carbonyl (C=O) groups excluding carboxylic acids is 2. The van der Waals surface area contributed by atoms with Crippen LogP contribution in [-0.4, -0.2) is 36.0 Å². The molecule has 3 atom stereocenters. The van der Waals surface area contributed by atoms with Crippen LogP contribution < -0.4 is 0 Å². The number of benzene rings is 1. The van der Waals surface area contributed by atoms with Gasteiger partial charge in [-0.2, -0.15) is 0 Å². The van der Waals surface area contributed by atoms with Gasteiger partial charge in [0, 0.05) is 5.92 Å². The fourth-order valence-corrected chi connectivity index (χ4v) is 2.64. The Morgan fingerprint density at radius 3 is 2.81 bits per heavy atom. The number of hydrogen-bond acceptors (Lipinski definition) is 3. The van der Waals surface area contributed by atoms with Gasteiger partial charge in [0.1, 0.15) is 0 Å². The third kappa shape index (κ3) is 3.58. The second kappa shape index (κ2) is 7.18. The Kier molecular flexibility index (Phi) is 5.28. The molecule has 1 saturated heterocycles. The number of amides is 1. The monoisotopic (exact) mass is 287 g/mol. The van der Waals surface area contributed by atoms with Crippen molar-refractivity contribution in [1.29, 1.82) is 0 Å². The molecule has 1 heterocycles. The van der Waals surface area contributed by atoms with Gasteiger partial charge in [-0.15, -0.1) is 6.58 Å². The van der Waals surface area contributed by atoms with Crippen LogP contribution in [0, 0.1) is 5.92 Å². The van der Waals surface area contributed by atoms with Crippen molar-refractivity contribution < 1.29 is 14.3 Å². The van der Waals surface area contributed by atoms with Crippen molar-refractivity contribution in [3.63, 3.8) is 0 Å². The van der Waals surface area contributed by atoms with Crippen molar-refractivity contribution in [1.82, 2.24) is 4.90 Å². The standard InChI is InChI=1S/C17H21NO3/c1-3-7-13(2)17(20)18-15(12-21-16(18)11-19)10-14-8-5-4-6-9-14/h3-6,8-9,11,13,15-16H,1,7,10,12H2,2H3/t13-,15+,16?/m1/s1. The maximum absolute atomic E-state index is 12.5. The highest BCUT2D eigenvalue weighted by Crippen LogP contribution is 2.23. The lowest BCUT2D eigenvalue weighted by atomic mass is 10.0. The van der Waals surface area contributed by atoms with Gasteiger partial charge in [-0.1, -0.05) is 43.3 Å². The van der Waals surface area contributed by atoms with E-state index >= 15 is 0 Å². The fraction of sp³-hybridized carbons (Fsp3) is 0.412. The van der Waals surface area contributed by atoms with Crippen LogP contribution in [0.5, 0.6) is 0 Å². The molecule has 2 rings (SSSR count). The smallest absolute Gasteiger partial charge is 0.228 e. The average molecular weight is 287 g/mol. The number of aldehydes is 1. The van der Waals surface area contributed by atoms with E-state index in [1.807, 2.05) is 37.3 Å². The number of rotatable bonds is 6. The molecule has 1 aliphatic heterocycles. The van der Waals surface area contributed by atoms with E-state index < -0.39 is 6.23 Å². The quantitative estimate of drug-likeness (QED) is 0.595. The molecule has 4 nitrogen and oxygen atoms in total. The summed E-state index contributed by atoms with van der Waals surface area (Å²) in [5.41, 5.74) is 1.13. The molecule has 1 unspecified atom stereocenters. The summed E-state index contributed by atoms with van der Waals surface area (Å²) in [7, 11) is 0. The topological polar surface area (TPSA) is 46.6 Å². The predicted octanol–water partition coefficient (Wildman–Crippen LogP) is 2.19. The van der Waals surface area contributed by atoms with Crippen LogP contribution in [0.3, 0.4) is 0 Å². The Bertz CT molecular complexity index is 500. The Balaban J connectivity index is 2.14. The van der Waals surface area contributed by atoms with Crippen molar-refractivity contribution in [2.24, 2.45) is 5.92 Å². The third-order valence-electron chi connectivity index (χ3n) is 3.75. The molecule has 112 valence electrons. The maximum atomic E-state index is 12.5. The minimum Gasteiger partial charge on any atom is -0.349 e. The Labute approximate surface area is 125 Å². The number of carbonyl (C=O) groups is 2. The zero-order valence-corrected chi connectivity index (χ0v) is 12.3. The maximum Gasteiger partial charge on any atom is 0.228 e.